The molecule has 0 amide bonds. The van der Waals surface area contributed by atoms with Gasteiger partial charge in [-0.3, -0.25) is 5.43 Å². The first kappa shape index (κ1) is 15.3. The highest BCUT2D eigenvalue weighted by Crippen LogP contribution is 2.35. The van der Waals surface area contributed by atoms with E-state index in [1.807, 2.05) is 18.2 Å². The van der Waals surface area contributed by atoms with Gasteiger partial charge in [0.1, 0.15) is 12.1 Å². The van der Waals surface area contributed by atoms with E-state index in [1.54, 1.807) is 41.8 Å². The van der Waals surface area contributed by atoms with Crippen LogP contribution in [0.3, 0.4) is 0 Å². The Morgan fingerprint density at radius 1 is 1.00 bits per heavy atom. The number of phenolic OH excluding ortho intramolecular Hbond substituents is 1. The molecule has 4 aromatic rings. The van der Waals surface area contributed by atoms with Gasteiger partial charge in [-0.25, -0.2) is 9.97 Å². The second-order valence-electron chi connectivity index (χ2n) is 5.37. The van der Waals surface area contributed by atoms with Crippen molar-refractivity contribution in [3.63, 3.8) is 0 Å². The monoisotopic (exact) mass is 346 g/mol. The summed E-state index contributed by atoms with van der Waals surface area (Å²) in [4.78, 5) is 9.78. The van der Waals surface area contributed by atoms with E-state index < -0.39 is 0 Å². The molecule has 2 heterocycles. The number of phenols is 1. The summed E-state index contributed by atoms with van der Waals surface area (Å²) >= 11 is 1.63. The predicted octanol–water partition coefficient (Wildman–Crippen LogP) is 4.51. The van der Waals surface area contributed by atoms with Crippen molar-refractivity contribution in [1.29, 1.82) is 0 Å². The average molecular weight is 346 g/mol. The van der Waals surface area contributed by atoms with Crippen molar-refractivity contribution in [3.8, 4) is 16.2 Å². The van der Waals surface area contributed by atoms with Gasteiger partial charge in [0, 0.05) is 4.88 Å². The molecule has 2 N–H and O–H groups in total. The Labute approximate surface area is 148 Å². The van der Waals surface area contributed by atoms with Gasteiger partial charge in [-0.1, -0.05) is 30.3 Å². The number of nitrogens with zero attached hydrogens (tertiary/aromatic N) is 3. The van der Waals surface area contributed by atoms with Crippen molar-refractivity contribution in [2.45, 2.75) is 0 Å². The van der Waals surface area contributed by atoms with Crippen LogP contribution in [0.25, 0.3) is 20.7 Å². The number of aromatic hydroxyl groups is 1. The van der Waals surface area contributed by atoms with Crippen LogP contribution in [0.1, 0.15) is 5.56 Å². The topological polar surface area (TPSA) is 70.4 Å². The molecule has 25 heavy (non-hydrogen) atoms. The maximum Gasteiger partial charge on any atom is 0.167 e. The molecule has 6 heteroatoms. The Morgan fingerprint density at radius 2 is 1.80 bits per heavy atom. The third-order valence-corrected chi connectivity index (χ3v) is 4.83. The Kier molecular flexibility index (Phi) is 4.10. The number of fused-ring (bicyclic) bond motifs is 1. The van der Waals surface area contributed by atoms with Crippen LogP contribution in [0.5, 0.6) is 5.75 Å². The van der Waals surface area contributed by atoms with E-state index in [1.165, 1.54) is 6.33 Å². The number of hydrogen-bond acceptors (Lipinski definition) is 6. The molecule has 0 aliphatic rings. The van der Waals surface area contributed by atoms with Crippen LogP contribution in [0.15, 0.2) is 72.1 Å². The van der Waals surface area contributed by atoms with Crippen LogP contribution in [-0.4, -0.2) is 21.3 Å². The van der Waals surface area contributed by atoms with E-state index in [0.29, 0.717) is 5.82 Å². The fourth-order valence-electron chi connectivity index (χ4n) is 2.41. The summed E-state index contributed by atoms with van der Waals surface area (Å²) in [5.41, 5.74) is 5.91. The molecule has 4 rings (SSSR count). The van der Waals surface area contributed by atoms with Gasteiger partial charge in [0.25, 0.3) is 0 Å². The predicted molar refractivity (Wildman–Crippen MR) is 102 cm³/mol. The number of anilines is 1. The summed E-state index contributed by atoms with van der Waals surface area (Å²) in [6.07, 6.45) is 3.21. The Balaban J connectivity index is 1.61. The third kappa shape index (κ3) is 3.34. The van der Waals surface area contributed by atoms with Gasteiger partial charge in [-0.2, -0.15) is 5.10 Å². The van der Waals surface area contributed by atoms with Crippen molar-refractivity contribution in [2.75, 3.05) is 5.43 Å². The van der Waals surface area contributed by atoms with Gasteiger partial charge < -0.3 is 5.11 Å². The molecule has 5 nitrogen and oxygen atoms in total. The van der Waals surface area contributed by atoms with Crippen molar-refractivity contribution < 1.29 is 5.11 Å². The molecule has 0 unspecified atom stereocenters. The fraction of sp³-hybridized carbons (Fsp3) is 0. The number of hydrogen-bond donors (Lipinski definition) is 2. The molecule has 0 atom stereocenters. The van der Waals surface area contributed by atoms with Crippen LogP contribution in [-0.2, 0) is 0 Å². The van der Waals surface area contributed by atoms with E-state index in [2.05, 4.69) is 38.7 Å². The first-order chi connectivity index (χ1) is 12.3. The molecular weight excluding hydrogens is 332 g/mol. The van der Waals surface area contributed by atoms with E-state index in [9.17, 15) is 5.11 Å². The lowest BCUT2D eigenvalue weighted by atomic mass is 10.2. The van der Waals surface area contributed by atoms with Crippen molar-refractivity contribution >= 4 is 33.6 Å². The number of nitrogens with one attached hydrogen (secondary N) is 1. The Hall–Kier alpha value is -3.25. The Bertz CT molecular complexity index is 1030. The average Bonchev–Trinajstić information content (AvgIpc) is 3.09. The minimum Gasteiger partial charge on any atom is -0.508 e. The zero-order valence-corrected chi connectivity index (χ0v) is 13.9. The molecule has 0 aliphatic carbocycles. The largest absolute Gasteiger partial charge is 0.508 e. The molecule has 0 saturated carbocycles. The van der Waals surface area contributed by atoms with Crippen LogP contribution in [0.4, 0.5) is 5.82 Å². The lowest BCUT2D eigenvalue weighted by Gasteiger charge is -2.00. The Morgan fingerprint density at radius 3 is 2.60 bits per heavy atom. The quantitative estimate of drug-likeness (QED) is 0.421. The summed E-state index contributed by atoms with van der Waals surface area (Å²) in [6.45, 7) is 0. The van der Waals surface area contributed by atoms with Gasteiger partial charge >= 0.3 is 0 Å². The van der Waals surface area contributed by atoms with Crippen LogP contribution in [0.2, 0.25) is 0 Å². The number of hydrazone groups is 1. The van der Waals surface area contributed by atoms with Gasteiger partial charge in [0.15, 0.2) is 5.82 Å². The molecule has 2 aromatic heterocycles. The molecule has 0 aliphatic heterocycles. The van der Waals surface area contributed by atoms with Gasteiger partial charge in [0.2, 0.25) is 0 Å². The zero-order valence-electron chi connectivity index (χ0n) is 13.1. The van der Waals surface area contributed by atoms with Crippen molar-refractivity contribution in [1.82, 2.24) is 9.97 Å². The summed E-state index contributed by atoms with van der Waals surface area (Å²) in [6, 6.07) is 19.1. The van der Waals surface area contributed by atoms with Crippen LogP contribution in [0, 0.1) is 0 Å². The van der Waals surface area contributed by atoms with E-state index in [0.717, 1.165) is 26.2 Å². The number of aromatic nitrogens is 2. The summed E-state index contributed by atoms with van der Waals surface area (Å²) in [5, 5.41) is 13.5. The molecule has 122 valence electrons. The highest BCUT2D eigenvalue weighted by molar-refractivity contribution is 7.22. The van der Waals surface area contributed by atoms with Gasteiger partial charge in [0.05, 0.1) is 16.4 Å². The molecule has 0 saturated heterocycles. The fourth-order valence-corrected chi connectivity index (χ4v) is 3.46. The first-order valence-corrected chi connectivity index (χ1v) is 8.49. The van der Waals surface area contributed by atoms with Crippen molar-refractivity contribution in [2.24, 2.45) is 5.10 Å². The summed E-state index contributed by atoms with van der Waals surface area (Å²) < 4.78 is 0.962. The maximum absolute atomic E-state index is 9.30. The normalized spacial score (nSPS) is 11.2. The van der Waals surface area contributed by atoms with E-state index in [-0.39, 0.29) is 5.75 Å². The lowest BCUT2D eigenvalue weighted by molar-refractivity contribution is 0.475. The van der Waals surface area contributed by atoms with E-state index >= 15 is 0 Å². The maximum atomic E-state index is 9.30. The second kappa shape index (κ2) is 6.70. The van der Waals surface area contributed by atoms with E-state index in [4.69, 9.17) is 0 Å². The third-order valence-electron chi connectivity index (χ3n) is 3.65. The minimum atomic E-state index is 0.231. The SMILES string of the molecule is Oc1ccc(/C=N/Nc2ncnc3cc(-c4ccccc4)sc23)cc1. The molecule has 0 bridgehead atoms. The molecule has 0 radical (unpaired) electrons. The molecule has 0 spiro atoms. The molecular formula is C19H14N4OS. The summed E-state index contributed by atoms with van der Waals surface area (Å²) in [7, 11) is 0. The van der Waals surface area contributed by atoms with Crippen LogP contribution >= 0.6 is 11.3 Å². The van der Waals surface area contributed by atoms with Crippen LogP contribution < -0.4 is 5.43 Å². The molecule has 0 fully saturated rings. The van der Waals surface area contributed by atoms with Gasteiger partial charge in [-0.05, 0) is 41.5 Å². The van der Waals surface area contributed by atoms with Crippen molar-refractivity contribution in [3.05, 3.63) is 72.6 Å². The number of thiophene rings is 1. The molecule has 2 aromatic carbocycles. The van der Waals surface area contributed by atoms with Gasteiger partial charge in [-0.15, -0.1) is 11.3 Å². The second-order valence-corrected chi connectivity index (χ2v) is 6.43. The first-order valence-electron chi connectivity index (χ1n) is 7.68. The highest BCUT2D eigenvalue weighted by Gasteiger charge is 2.09. The minimum absolute atomic E-state index is 0.231. The zero-order chi connectivity index (χ0) is 17.1. The lowest BCUT2D eigenvalue weighted by Crippen LogP contribution is -1.94. The number of benzene rings is 2. The standard InChI is InChI=1S/C19H14N4OS/c24-15-8-6-13(7-9-15)11-22-23-19-18-16(20-12-21-19)10-17(25-18)14-4-2-1-3-5-14/h1-12,24H,(H,20,21,23)/b22-11+. The number of rotatable bonds is 4. The highest BCUT2D eigenvalue weighted by atomic mass is 32.1. The summed E-state index contributed by atoms with van der Waals surface area (Å²) in [5.74, 6) is 0.904. The smallest absolute Gasteiger partial charge is 0.167 e.